The lowest BCUT2D eigenvalue weighted by molar-refractivity contribution is -0.132. The van der Waals surface area contributed by atoms with Gasteiger partial charge in [-0.3, -0.25) is 4.90 Å². The van der Waals surface area contributed by atoms with Gasteiger partial charge in [-0.05, 0) is 68.5 Å². The zero-order chi connectivity index (χ0) is 30.2. The Morgan fingerprint density at radius 3 is 2.68 bits per heavy atom. The normalized spacial score (nSPS) is 15.1. The summed E-state index contributed by atoms with van der Waals surface area (Å²) >= 11 is 0. The highest BCUT2D eigenvalue weighted by Gasteiger charge is 2.24. The predicted octanol–water partition coefficient (Wildman–Crippen LogP) is 5.72. The molecule has 0 bridgehead atoms. The molecule has 0 radical (unpaired) electrons. The number of methoxy groups -OCH3 is 1. The minimum absolute atomic E-state index is 0.131. The van der Waals surface area contributed by atoms with Crippen molar-refractivity contribution in [1.82, 2.24) is 9.88 Å². The Kier molecular flexibility index (Phi) is 10.5. The molecule has 0 aliphatic carbocycles. The fourth-order valence-electron chi connectivity index (χ4n) is 4.56. The molecule has 2 heterocycles. The summed E-state index contributed by atoms with van der Waals surface area (Å²) in [6.07, 6.45) is 9.38. The van der Waals surface area contributed by atoms with Gasteiger partial charge in [0, 0.05) is 25.8 Å². The number of carboxylic acids is 1. The molecule has 3 N–H and O–H groups in total. The van der Waals surface area contributed by atoms with E-state index in [1.807, 2.05) is 26.0 Å². The van der Waals surface area contributed by atoms with E-state index in [1.54, 1.807) is 32.0 Å². The maximum Gasteiger partial charge on any atom is 0.342 e. The van der Waals surface area contributed by atoms with Gasteiger partial charge in [0.25, 0.3) is 0 Å². The molecule has 41 heavy (non-hydrogen) atoms. The van der Waals surface area contributed by atoms with Crippen molar-refractivity contribution in [3.05, 3.63) is 87.6 Å². The maximum atomic E-state index is 14.1. The number of terminal acetylenes is 1. The molecule has 1 aliphatic rings. The van der Waals surface area contributed by atoms with Gasteiger partial charge < -0.3 is 25.3 Å². The van der Waals surface area contributed by atoms with Gasteiger partial charge in [-0.15, -0.1) is 6.42 Å². The highest BCUT2D eigenvalue weighted by Crippen LogP contribution is 2.27. The van der Waals surface area contributed by atoms with Crippen molar-refractivity contribution in [1.29, 1.82) is 5.41 Å². The first kappa shape index (κ1) is 31.1. The number of alkyl halides is 1. The lowest BCUT2D eigenvalue weighted by Crippen LogP contribution is -2.39. The Hall–Kier alpha value is -4.42. The number of allylic oxidation sites excluding steroid dienone is 3. The Labute approximate surface area is 241 Å². The number of carboxylic acid groups (broad SMARTS) is 1. The van der Waals surface area contributed by atoms with Gasteiger partial charge in [-0.1, -0.05) is 36.3 Å². The van der Waals surface area contributed by atoms with E-state index in [4.69, 9.17) is 21.3 Å². The fraction of sp³-hybridized carbons (Fsp3) is 0.344. The Bertz CT molecular complexity index is 1430. The van der Waals surface area contributed by atoms with Gasteiger partial charge in [0.15, 0.2) is 0 Å². The molecule has 0 atom stereocenters. The van der Waals surface area contributed by atoms with Gasteiger partial charge in [0.1, 0.15) is 29.4 Å². The number of anilines is 1. The third-order valence-electron chi connectivity index (χ3n) is 6.58. The molecule has 0 saturated heterocycles. The van der Waals surface area contributed by atoms with Gasteiger partial charge in [-0.2, -0.15) is 0 Å². The minimum atomic E-state index is -1.31. The largest absolute Gasteiger partial charge is 0.487 e. The van der Waals surface area contributed by atoms with E-state index in [0.717, 1.165) is 30.6 Å². The highest BCUT2D eigenvalue weighted by molar-refractivity contribution is 6.08. The summed E-state index contributed by atoms with van der Waals surface area (Å²) in [5.41, 5.74) is 3.53. The number of hydrogen-bond donors (Lipinski definition) is 3. The van der Waals surface area contributed by atoms with Crippen LogP contribution in [0.25, 0.3) is 5.57 Å². The topological polar surface area (TPSA) is 108 Å². The number of benzene rings is 1. The van der Waals surface area contributed by atoms with Crippen LogP contribution in [0.2, 0.25) is 0 Å². The van der Waals surface area contributed by atoms with Crippen molar-refractivity contribution in [3.8, 4) is 12.3 Å². The van der Waals surface area contributed by atoms with Crippen molar-refractivity contribution in [2.45, 2.75) is 52.9 Å². The van der Waals surface area contributed by atoms with Gasteiger partial charge in [0.05, 0.1) is 18.4 Å². The molecular weight excluding hydrogens is 523 g/mol. The molecule has 2 aromatic rings. The molecule has 0 unspecified atom stereocenters. The van der Waals surface area contributed by atoms with E-state index in [1.165, 1.54) is 18.2 Å². The summed E-state index contributed by atoms with van der Waals surface area (Å²) in [4.78, 5) is 18.2. The summed E-state index contributed by atoms with van der Waals surface area (Å²) in [6.45, 7) is 9.22. The average Bonchev–Trinajstić information content (AvgIpc) is 2.93. The zero-order valence-corrected chi connectivity index (χ0v) is 24.2. The van der Waals surface area contributed by atoms with E-state index in [9.17, 15) is 14.3 Å². The summed E-state index contributed by atoms with van der Waals surface area (Å²) < 4.78 is 25.6. The SMILES string of the molecule is C#C/C(=C(OCc1ccc2c(c1)CCN(CC(C)(C)F)C2)\C(C)=C/C)c1cccc(N/C(OC)=C(\C=N)C(=O)O)n1. The van der Waals surface area contributed by atoms with Crippen LogP contribution in [0.3, 0.4) is 0 Å². The van der Waals surface area contributed by atoms with Crippen LogP contribution in [0.5, 0.6) is 0 Å². The second kappa shape index (κ2) is 13.8. The first-order valence-corrected chi connectivity index (χ1v) is 13.2. The van der Waals surface area contributed by atoms with Crippen LogP contribution in [0.15, 0.2) is 65.3 Å². The molecule has 216 valence electrons. The number of aliphatic carboxylic acids is 1. The van der Waals surface area contributed by atoms with Crippen LogP contribution in [-0.2, 0) is 33.8 Å². The third-order valence-corrected chi connectivity index (χ3v) is 6.58. The second-order valence-electron chi connectivity index (χ2n) is 10.3. The first-order chi connectivity index (χ1) is 19.5. The molecule has 1 aromatic carbocycles. The first-order valence-electron chi connectivity index (χ1n) is 13.2. The van der Waals surface area contributed by atoms with Crippen molar-refractivity contribution in [3.63, 3.8) is 0 Å². The summed E-state index contributed by atoms with van der Waals surface area (Å²) in [5.74, 6) is 2.04. The van der Waals surface area contributed by atoms with Crippen LogP contribution >= 0.6 is 0 Å². The van der Waals surface area contributed by atoms with Gasteiger partial charge in [-0.25, -0.2) is 14.2 Å². The van der Waals surface area contributed by atoms with Crippen LogP contribution in [-0.4, -0.2) is 53.0 Å². The smallest absolute Gasteiger partial charge is 0.342 e. The minimum Gasteiger partial charge on any atom is -0.487 e. The summed E-state index contributed by atoms with van der Waals surface area (Å²) in [6, 6.07) is 11.3. The van der Waals surface area contributed by atoms with Crippen LogP contribution in [0.1, 0.15) is 50.1 Å². The van der Waals surface area contributed by atoms with Crippen molar-refractivity contribution in [2.75, 3.05) is 25.5 Å². The highest BCUT2D eigenvalue weighted by atomic mass is 19.1. The van der Waals surface area contributed by atoms with E-state index < -0.39 is 11.6 Å². The molecule has 9 heteroatoms. The number of pyridine rings is 1. The van der Waals surface area contributed by atoms with Gasteiger partial charge >= 0.3 is 5.97 Å². The van der Waals surface area contributed by atoms with E-state index in [0.29, 0.717) is 29.8 Å². The fourth-order valence-corrected chi connectivity index (χ4v) is 4.56. The Morgan fingerprint density at radius 2 is 2.07 bits per heavy atom. The molecule has 0 fully saturated rings. The second-order valence-corrected chi connectivity index (χ2v) is 10.3. The van der Waals surface area contributed by atoms with Crippen LogP contribution in [0.4, 0.5) is 10.2 Å². The van der Waals surface area contributed by atoms with E-state index in [2.05, 4.69) is 33.3 Å². The lowest BCUT2D eigenvalue weighted by Gasteiger charge is -2.32. The van der Waals surface area contributed by atoms with E-state index in [-0.39, 0.29) is 23.9 Å². The van der Waals surface area contributed by atoms with Crippen LogP contribution < -0.4 is 5.32 Å². The van der Waals surface area contributed by atoms with Gasteiger partial charge in [0.2, 0.25) is 5.88 Å². The summed E-state index contributed by atoms with van der Waals surface area (Å²) in [5, 5.41) is 19.5. The Morgan fingerprint density at radius 1 is 1.32 bits per heavy atom. The number of nitrogens with one attached hydrogen (secondary N) is 2. The molecule has 1 aromatic heterocycles. The molecular formula is C32H37FN4O4. The zero-order valence-electron chi connectivity index (χ0n) is 24.2. The van der Waals surface area contributed by atoms with Crippen molar-refractivity contribution < 1.29 is 23.8 Å². The molecule has 0 spiro atoms. The molecule has 3 rings (SSSR count). The number of hydrogen-bond acceptors (Lipinski definition) is 7. The molecule has 0 saturated carbocycles. The number of halogens is 1. The number of fused-ring (bicyclic) bond motifs is 1. The monoisotopic (exact) mass is 560 g/mol. The number of aromatic nitrogens is 1. The standard InChI is InChI=1S/C32H37FN4O4/c1-7-21(3)29(41-19-22-12-13-24-18-37(20-32(4,5)33)15-14-23(24)16-22)25(8-2)27-10-9-11-28(35-27)36-30(40-6)26(17-34)31(38)39/h2,7,9-13,16-17,34H,14-15,18-20H2,1,3-6H3,(H,35,36)(H,38,39)/b21-7-,29-25-,30-26-,34-17?. The molecule has 1 aliphatic heterocycles. The van der Waals surface area contributed by atoms with Crippen LogP contribution in [0, 0.1) is 17.8 Å². The third kappa shape index (κ3) is 8.29. The number of ether oxygens (including phenoxy) is 2. The van der Waals surface area contributed by atoms with E-state index >= 15 is 0 Å². The Balaban J connectivity index is 1.87. The molecule has 8 nitrogen and oxygen atoms in total. The van der Waals surface area contributed by atoms with Crippen molar-refractivity contribution in [2.24, 2.45) is 0 Å². The average molecular weight is 561 g/mol. The predicted molar refractivity (Wildman–Crippen MR) is 159 cm³/mol. The quantitative estimate of drug-likeness (QED) is 0.100. The molecule has 0 amide bonds. The number of rotatable bonds is 12. The maximum absolute atomic E-state index is 14.1. The number of carbonyl (C=O) groups is 1. The lowest BCUT2D eigenvalue weighted by atomic mass is 9.96. The van der Waals surface area contributed by atoms with Crippen molar-refractivity contribution >= 4 is 23.6 Å². The number of nitrogens with zero attached hydrogens (tertiary/aromatic N) is 2. The summed E-state index contributed by atoms with van der Waals surface area (Å²) in [7, 11) is 1.30.